The molecule has 0 unspecified atom stereocenters. The number of carbonyl (C=O) groups excluding carboxylic acids is 1. The van der Waals surface area contributed by atoms with Crippen molar-refractivity contribution in [3.8, 4) is 17.2 Å². The Morgan fingerprint density at radius 1 is 1.11 bits per heavy atom. The molecule has 0 aromatic heterocycles. The lowest BCUT2D eigenvalue weighted by Crippen LogP contribution is -2.13. The largest absolute Gasteiger partial charge is 0.493 e. The lowest BCUT2D eigenvalue weighted by atomic mass is 9.91. The molecule has 0 fully saturated rings. The predicted molar refractivity (Wildman–Crippen MR) is 102 cm³/mol. The standard InChI is InChI=1S/C19H18BrNO6/c1-25-15-8-7-12(10-16(15)26-2)19(22)27-18-14(21(23)24)9-11-5-3-4-6-13(11)17(18)20/h7-10H,3-6H2,1-2H3. The molecule has 1 aliphatic rings. The van der Waals surface area contributed by atoms with Crippen LogP contribution in [0.1, 0.15) is 34.3 Å². The highest BCUT2D eigenvalue weighted by atomic mass is 79.9. The summed E-state index contributed by atoms with van der Waals surface area (Å²) in [6.07, 6.45) is 3.54. The topological polar surface area (TPSA) is 87.9 Å². The molecule has 8 heteroatoms. The molecule has 2 aromatic rings. The number of carbonyl (C=O) groups is 1. The van der Waals surface area contributed by atoms with Crippen molar-refractivity contribution in [2.75, 3.05) is 14.2 Å². The highest BCUT2D eigenvalue weighted by molar-refractivity contribution is 9.10. The zero-order chi connectivity index (χ0) is 19.6. The molecule has 0 saturated heterocycles. The molecular formula is C19H18BrNO6. The molecule has 0 N–H and O–H groups in total. The van der Waals surface area contributed by atoms with Gasteiger partial charge in [-0.15, -0.1) is 0 Å². The van der Waals surface area contributed by atoms with Gasteiger partial charge in [0.15, 0.2) is 11.5 Å². The summed E-state index contributed by atoms with van der Waals surface area (Å²) in [5, 5.41) is 11.5. The molecule has 1 aliphatic carbocycles. The number of halogens is 1. The van der Waals surface area contributed by atoms with Crippen LogP contribution in [-0.2, 0) is 12.8 Å². The third kappa shape index (κ3) is 3.75. The Kier molecular flexibility index (Phi) is 5.65. The molecule has 7 nitrogen and oxygen atoms in total. The van der Waals surface area contributed by atoms with Gasteiger partial charge in [0.25, 0.3) is 0 Å². The van der Waals surface area contributed by atoms with Gasteiger partial charge in [-0.25, -0.2) is 4.79 Å². The van der Waals surface area contributed by atoms with Crippen LogP contribution in [0.25, 0.3) is 0 Å². The van der Waals surface area contributed by atoms with Crippen molar-refractivity contribution in [1.29, 1.82) is 0 Å². The van der Waals surface area contributed by atoms with E-state index in [2.05, 4.69) is 15.9 Å². The van der Waals surface area contributed by atoms with E-state index in [-0.39, 0.29) is 17.0 Å². The maximum absolute atomic E-state index is 12.6. The second-order valence-electron chi connectivity index (χ2n) is 6.10. The van der Waals surface area contributed by atoms with Gasteiger partial charge >= 0.3 is 11.7 Å². The van der Waals surface area contributed by atoms with Crippen LogP contribution in [0.2, 0.25) is 0 Å². The van der Waals surface area contributed by atoms with Gasteiger partial charge in [0.1, 0.15) is 0 Å². The number of methoxy groups -OCH3 is 2. The number of esters is 1. The van der Waals surface area contributed by atoms with Crippen molar-refractivity contribution < 1.29 is 23.9 Å². The number of nitrogens with zero attached hydrogens (tertiary/aromatic N) is 1. The molecule has 0 spiro atoms. The molecule has 142 valence electrons. The summed E-state index contributed by atoms with van der Waals surface area (Å²) < 4.78 is 16.2. The summed E-state index contributed by atoms with van der Waals surface area (Å²) in [6, 6.07) is 6.07. The highest BCUT2D eigenvalue weighted by Gasteiger charge is 2.28. The number of nitro groups is 1. The number of nitro benzene ring substituents is 1. The molecule has 27 heavy (non-hydrogen) atoms. The Labute approximate surface area is 164 Å². The normalized spacial score (nSPS) is 12.9. The molecule has 0 amide bonds. The summed E-state index contributed by atoms with van der Waals surface area (Å²) >= 11 is 3.41. The highest BCUT2D eigenvalue weighted by Crippen LogP contribution is 2.42. The number of hydrogen-bond donors (Lipinski definition) is 0. The minimum atomic E-state index is -0.712. The average Bonchev–Trinajstić information content (AvgIpc) is 2.69. The van der Waals surface area contributed by atoms with Gasteiger partial charge in [-0.05, 0) is 70.9 Å². The fraction of sp³-hybridized carbons (Fsp3) is 0.316. The Balaban J connectivity index is 1.99. The molecule has 0 bridgehead atoms. The monoisotopic (exact) mass is 435 g/mol. The van der Waals surface area contributed by atoms with E-state index in [4.69, 9.17) is 14.2 Å². The van der Waals surface area contributed by atoms with E-state index in [9.17, 15) is 14.9 Å². The van der Waals surface area contributed by atoms with E-state index in [1.165, 1.54) is 32.4 Å². The van der Waals surface area contributed by atoms with Gasteiger partial charge < -0.3 is 14.2 Å². The molecule has 2 aromatic carbocycles. The van der Waals surface area contributed by atoms with Gasteiger partial charge in [-0.1, -0.05) is 0 Å². The van der Waals surface area contributed by atoms with Crippen LogP contribution in [0.4, 0.5) is 5.69 Å². The molecule has 0 aliphatic heterocycles. The van der Waals surface area contributed by atoms with Crippen LogP contribution in [0.5, 0.6) is 17.2 Å². The maximum atomic E-state index is 12.6. The first-order valence-electron chi connectivity index (χ1n) is 8.39. The average molecular weight is 436 g/mol. The Bertz CT molecular complexity index is 912. The van der Waals surface area contributed by atoms with Crippen molar-refractivity contribution in [3.05, 3.63) is 55.5 Å². The lowest BCUT2D eigenvalue weighted by Gasteiger charge is -2.19. The number of hydrogen-bond acceptors (Lipinski definition) is 6. The Morgan fingerprint density at radius 2 is 1.81 bits per heavy atom. The maximum Gasteiger partial charge on any atom is 0.343 e. The summed E-state index contributed by atoms with van der Waals surface area (Å²) in [7, 11) is 2.95. The Hall–Kier alpha value is -2.61. The Morgan fingerprint density at radius 3 is 2.48 bits per heavy atom. The minimum absolute atomic E-state index is 0.0690. The first-order chi connectivity index (χ1) is 13.0. The van der Waals surface area contributed by atoms with Crippen LogP contribution in [-0.4, -0.2) is 25.1 Å². The van der Waals surface area contributed by atoms with Crippen molar-refractivity contribution in [1.82, 2.24) is 0 Å². The molecular weight excluding hydrogens is 418 g/mol. The first kappa shape index (κ1) is 19.2. The van der Waals surface area contributed by atoms with Crippen LogP contribution >= 0.6 is 15.9 Å². The van der Waals surface area contributed by atoms with Crippen molar-refractivity contribution >= 4 is 27.6 Å². The van der Waals surface area contributed by atoms with E-state index in [0.717, 1.165) is 36.8 Å². The van der Waals surface area contributed by atoms with Crippen molar-refractivity contribution in [2.24, 2.45) is 0 Å². The molecule has 0 heterocycles. The summed E-state index contributed by atoms with van der Waals surface area (Å²) in [6.45, 7) is 0. The van der Waals surface area contributed by atoms with Crippen LogP contribution < -0.4 is 14.2 Å². The second kappa shape index (κ2) is 7.96. The van der Waals surface area contributed by atoms with E-state index in [1.807, 2.05) is 0 Å². The fourth-order valence-corrected chi connectivity index (χ4v) is 3.90. The van der Waals surface area contributed by atoms with E-state index >= 15 is 0 Å². The van der Waals surface area contributed by atoms with E-state index in [0.29, 0.717) is 16.0 Å². The number of rotatable bonds is 5. The van der Waals surface area contributed by atoms with Crippen LogP contribution in [0.3, 0.4) is 0 Å². The quantitative estimate of drug-likeness (QED) is 0.298. The number of fused-ring (bicyclic) bond motifs is 1. The van der Waals surface area contributed by atoms with Crippen LogP contribution in [0, 0.1) is 10.1 Å². The van der Waals surface area contributed by atoms with Gasteiger partial charge in [-0.2, -0.15) is 0 Å². The number of aryl methyl sites for hydroxylation is 1. The third-order valence-corrected chi connectivity index (χ3v) is 5.37. The first-order valence-corrected chi connectivity index (χ1v) is 9.18. The number of benzene rings is 2. The van der Waals surface area contributed by atoms with Crippen molar-refractivity contribution in [3.63, 3.8) is 0 Å². The number of ether oxygens (including phenoxy) is 3. The van der Waals surface area contributed by atoms with Gasteiger partial charge in [0.2, 0.25) is 5.75 Å². The summed E-state index contributed by atoms with van der Waals surface area (Å²) in [5.41, 5.74) is 1.86. The SMILES string of the molecule is COc1ccc(C(=O)Oc2c([N+](=O)[O-])cc3c(c2Br)CCCC3)cc1OC. The van der Waals surface area contributed by atoms with E-state index in [1.54, 1.807) is 6.07 Å². The van der Waals surface area contributed by atoms with Crippen molar-refractivity contribution in [2.45, 2.75) is 25.7 Å². The third-order valence-electron chi connectivity index (χ3n) is 4.53. The molecule has 0 atom stereocenters. The summed E-state index contributed by atoms with van der Waals surface area (Å²) in [4.78, 5) is 23.6. The fourth-order valence-electron chi connectivity index (χ4n) is 3.17. The predicted octanol–water partition coefficient (Wildman–Crippen LogP) is 4.47. The zero-order valence-electron chi connectivity index (χ0n) is 14.9. The van der Waals surface area contributed by atoms with Crippen LogP contribution in [0.15, 0.2) is 28.7 Å². The second-order valence-corrected chi connectivity index (χ2v) is 6.89. The molecule has 0 radical (unpaired) electrons. The van der Waals surface area contributed by atoms with E-state index < -0.39 is 10.9 Å². The van der Waals surface area contributed by atoms with Gasteiger partial charge in [-0.3, -0.25) is 10.1 Å². The molecule has 0 saturated carbocycles. The summed E-state index contributed by atoms with van der Waals surface area (Å²) in [5.74, 6) is 0.0527. The molecule has 3 rings (SSSR count). The lowest BCUT2D eigenvalue weighted by molar-refractivity contribution is -0.385. The smallest absolute Gasteiger partial charge is 0.343 e. The van der Waals surface area contributed by atoms with Gasteiger partial charge in [0.05, 0.1) is 29.2 Å². The zero-order valence-corrected chi connectivity index (χ0v) is 16.5. The van der Waals surface area contributed by atoms with Gasteiger partial charge in [0, 0.05) is 6.07 Å². The minimum Gasteiger partial charge on any atom is -0.493 e.